The number of hydrogen-bond acceptors (Lipinski definition) is 4. The average molecular weight is 269 g/mol. The molecule has 2 rings (SSSR count). The summed E-state index contributed by atoms with van der Waals surface area (Å²) in [6.07, 6.45) is 3.39. The number of nitrogens with one attached hydrogen (secondary N) is 2. The Kier molecular flexibility index (Phi) is 4.42. The second-order valence-electron chi connectivity index (χ2n) is 5.58. The molecule has 0 aromatic carbocycles. The van der Waals surface area contributed by atoms with Crippen LogP contribution in [0.5, 0.6) is 0 Å². The first-order valence-electron chi connectivity index (χ1n) is 6.98. The maximum absolute atomic E-state index is 12.1. The van der Waals surface area contributed by atoms with Crippen LogP contribution < -0.4 is 16.4 Å². The van der Waals surface area contributed by atoms with Crippen molar-refractivity contribution in [1.82, 2.24) is 10.6 Å². The molecule has 1 saturated heterocycles. The first-order valence-corrected chi connectivity index (χ1v) is 6.98. The molecule has 0 unspecified atom stereocenters. The molecule has 1 aliphatic heterocycles. The highest BCUT2D eigenvalue weighted by Crippen LogP contribution is 2.37. The van der Waals surface area contributed by atoms with Gasteiger partial charge in [0, 0.05) is 13.1 Å². The van der Waals surface area contributed by atoms with Crippen LogP contribution in [0.4, 0.5) is 0 Å². The molecule has 0 bridgehead atoms. The Bertz CT molecular complexity index is 353. The van der Waals surface area contributed by atoms with Crippen molar-refractivity contribution >= 4 is 11.8 Å². The van der Waals surface area contributed by atoms with E-state index in [2.05, 4.69) is 10.6 Å². The van der Waals surface area contributed by atoms with Crippen molar-refractivity contribution in [3.05, 3.63) is 0 Å². The van der Waals surface area contributed by atoms with Crippen LogP contribution in [-0.4, -0.2) is 43.7 Å². The number of amides is 2. The summed E-state index contributed by atoms with van der Waals surface area (Å²) in [6, 6.07) is -0.347. The van der Waals surface area contributed by atoms with Gasteiger partial charge in [0.2, 0.25) is 11.8 Å². The Morgan fingerprint density at radius 1 is 1.42 bits per heavy atom. The Morgan fingerprint density at radius 2 is 2.11 bits per heavy atom. The van der Waals surface area contributed by atoms with Crippen LogP contribution in [0.1, 0.15) is 32.6 Å². The van der Waals surface area contributed by atoms with Gasteiger partial charge in [0.05, 0.1) is 18.1 Å². The van der Waals surface area contributed by atoms with Gasteiger partial charge in [0.1, 0.15) is 6.04 Å². The van der Waals surface area contributed by atoms with Crippen LogP contribution in [0, 0.1) is 5.41 Å². The number of nitrogens with two attached hydrogens (primary N) is 1. The molecule has 108 valence electrons. The van der Waals surface area contributed by atoms with E-state index in [4.69, 9.17) is 10.5 Å². The molecule has 6 heteroatoms. The number of rotatable bonds is 4. The van der Waals surface area contributed by atoms with Gasteiger partial charge in [-0.3, -0.25) is 9.59 Å². The fourth-order valence-electron chi connectivity index (χ4n) is 2.96. The summed E-state index contributed by atoms with van der Waals surface area (Å²) < 4.78 is 5.44. The van der Waals surface area contributed by atoms with E-state index in [-0.39, 0.29) is 24.0 Å². The third-order valence-corrected chi connectivity index (χ3v) is 4.28. The standard InChI is InChI=1S/C13H23N3O3/c1-9-10(15-6-7-19-9)11(17)16-8-13(12(14)18)4-2-3-5-13/h9-10,15H,2-8H2,1H3,(H2,14,18)(H,16,17)/t9-,10+/m1/s1. The molecule has 0 radical (unpaired) electrons. The molecule has 0 spiro atoms. The molecule has 2 amide bonds. The van der Waals surface area contributed by atoms with Crippen LogP contribution in [0.3, 0.4) is 0 Å². The van der Waals surface area contributed by atoms with Crippen molar-refractivity contribution in [3.8, 4) is 0 Å². The zero-order valence-electron chi connectivity index (χ0n) is 11.4. The second-order valence-corrected chi connectivity index (χ2v) is 5.58. The van der Waals surface area contributed by atoms with Gasteiger partial charge in [-0.1, -0.05) is 12.8 Å². The molecule has 2 fully saturated rings. The lowest BCUT2D eigenvalue weighted by molar-refractivity contribution is -0.131. The van der Waals surface area contributed by atoms with E-state index in [9.17, 15) is 9.59 Å². The first-order chi connectivity index (χ1) is 9.05. The van der Waals surface area contributed by atoms with Gasteiger partial charge in [-0.15, -0.1) is 0 Å². The highest BCUT2D eigenvalue weighted by atomic mass is 16.5. The maximum atomic E-state index is 12.1. The number of ether oxygens (including phenoxy) is 1. The van der Waals surface area contributed by atoms with Gasteiger partial charge in [0.25, 0.3) is 0 Å². The maximum Gasteiger partial charge on any atom is 0.239 e. The van der Waals surface area contributed by atoms with E-state index >= 15 is 0 Å². The molecule has 1 saturated carbocycles. The zero-order valence-corrected chi connectivity index (χ0v) is 11.4. The summed E-state index contributed by atoms with van der Waals surface area (Å²) in [4.78, 5) is 23.7. The molecule has 1 heterocycles. The minimum atomic E-state index is -0.547. The number of morpholine rings is 1. The Balaban J connectivity index is 1.90. The van der Waals surface area contributed by atoms with E-state index in [0.717, 1.165) is 25.7 Å². The summed E-state index contributed by atoms with van der Waals surface area (Å²) in [5.74, 6) is -0.411. The average Bonchev–Trinajstić information content (AvgIpc) is 2.86. The van der Waals surface area contributed by atoms with Gasteiger partial charge < -0.3 is 21.1 Å². The van der Waals surface area contributed by atoms with E-state index in [1.165, 1.54) is 0 Å². The minimum Gasteiger partial charge on any atom is -0.375 e. The molecule has 0 aromatic rings. The number of hydrogen-bond donors (Lipinski definition) is 3. The fraction of sp³-hybridized carbons (Fsp3) is 0.846. The number of carbonyl (C=O) groups is 2. The molecule has 1 aliphatic carbocycles. The summed E-state index contributed by atoms with van der Waals surface area (Å²) in [6.45, 7) is 3.50. The highest BCUT2D eigenvalue weighted by Gasteiger charge is 2.40. The van der Waals surface area contributed by atoms with Gasteiger partial charge in [-0.05, 0) is 19.8 Å². The molecular weight excluding hydrogens is 246 g/mol. The van der Waals surface area contributed by atoms with E-state index < -0.39 is 5.41 Å². The summed E-state index contributed by atoms with van der Waals surface area (Å²) in [5.41, 5.74) is 4.95. The Morgan fingerprint density at radius 3 is 2.68 bits per heavy atom. The Labute approximate surface area is 113 Å². The third kappa shape index (κ3) is 3.06. The van der Waals surface area contributed by atoms with Gasteiger partial charge in [0.15, 0.2) is 0 Å². The van der Waals surface area contributed by atoms with Crippen molar-refractivity contribution in [2.24, 2.45) is 11.1 Å². The fourth-order valence-corrected chi connectivity index (χ4v) is 2.96. The predicted molar refractivity (Wildman–Crippen MR) is 70.3 cm³/mol. The van der Waals surface area contributed by atoms with E-state index in [1.54, 1.807) is 0 Å². The van der Waals surface area contributed by atoms with Crippen molar-refractivity contribution < 1.29 is 14.3 Å². The Hall–Kier alpha value is -1.14. The molecule has 0 aromatic heterocycles. The predicted octanol–water partition coefficient (Wildman–Crippen LogP) is -0.475. The molecule has 4 N–H and O–H groups in total. The van der Waals surface area contributed by atoms with Gasteiger partial charge >= 0.3 is 0 Å². The van der Waals surface area contributed by atoms with Crippen LogP contribution in [0.25, 0.3) is 0 Å². The van der Waals surface area contributed by atoms with Gasteiger partial charge in [-0.25, -0.2) is 0 Å². The van der Waals surface area contributed by atoms with Crippen LogP contribution in [-0.2, 0) is 14.3 Å². The quantitative estimate of drug-likeness (QED) is 0.643. The minimum absolute atomic E-state index is 0.111. The molecule has 19 heavy (non-hydrogen) atoms. The van der Waals surface area contributed by atoms with Crippen molar-refractivity contribution in [2.75, 3.05) is 19.7 Å². The summed E-state index contributed by atoms with van der Waals surface area (Å²) in [5, 5.41) is 6.00. The lowest BCUT2D eigenvalue weighted by Crippen LogP contribution is -2.57. The SMILES string of the molecule is C[C@H]1OCCN[C@@H]1C(=O)NCC1(C(N)=O)CCCC1. The van der Waals surface area contributed by atoms with Crippen molar-refractivity contribution in [2.45, 2.75) is 44.8 Å². The van der Waals surface area contributed by atoms with Crippen LogP contribution >= 0.6 is 0 Å². The van der Waals surface area contributed by atoms with E-state index in [0.29, 0.717) is 19.7 Å². The topological polar surface area (TPSA) is 93.4 Å². The lowest BCUT2D eigenvalue weighted by Gasteiger charge is -2.31. The number of carbonyl (C=O) groups excluding carboxylic acids is 2. The summed E-state index contributed by atoms with van der Waals surface area (Å²) in [7, 11) is 0. The monoisotopic (exact) mass is 269 g/mol. The van der Waals surface area contributed by atoms with Crippen LogP contribution in [0.2, 0.25) is 0 Å². The van der Waals surface area contributed by atoms with Gasteiger partial charge in [-0.2, -0.15) is 0 Å². The van der Waals surface area contributed by atoms with E-state index in [1.807, 2.05) is 6.92 Å². The molecule has 2 atom stereocenters. The number of primary amides is 1. The first kappa shape index (κ1) is 14.3. The molecule has 6 nitrogen and oxygen atoms in total. The lowest BCUT2D eigenvalue weighted by atomic mass is 9.85. The second kappa shape index (κ2) is 5.88. The molecule has 2 aliphatic rings. The summed E-state index contributed by atoms with van der Waals surface area (Å²) >= 11 is 0. The normalized spacial score (nSPS) is 29.9. The third-order valence-electron chi connectivity index (χ3n) is 4.28. The van der Waals surface area contributed by atoms with Crippen molar-refractivity contribution in [1.29, 1.82) is 0 Å². The molecular formula is C13H23N3O3. The van der Waals surface area contributed by atoms with Crippen LogP contribution in [0.15, 0.2) is 0 Å². The highest BCUT2D eigenvalue weighted by molar-refractivity contribution is 5.85. The smallest absolute Gasteiger partial charge is 0.239 e. The zero-order chi connectivity index (χ0) is 13.9. The van der Waals surface area contributed by atoms with Crippen molar-refractivity contribution in [3.63, 3.8) is 0 Å². The largest absolute Gasteiger partial charge is 0.375 e.